The average molecular weight is 390 g/mol. The molecular formula is C16H24ClN3O4S. The highest BCUT2D eigenvalue weighted by Gasteiger charge is 2.31. The Labute approximate surface area is 154 Å². The zero-order chi connectivity index (χ0) is 17.3. The van der Waals surface area contributed by atoms with E-state index in [4.69, 9.17) is 4.74 Å². The lowest BCUT2D eigenvalue weighted by Crippen LogP contribution is -2.52. The van der Waals surface area contributed by atoms with E-state index in [0.717, 1.165) is 25.9 Å². The van der Waals surface area contributed by atoms with E-state index >= 15 is 0 Å². The van der Waals surface area contributed by atoms with Crippen LogP contribution in [0.3, 0.4) is 0 Å². The number of carbonyl (C=O) groups is 1. The maximum atomic E-state index is 12.8. The summed E-state index contributed by atoms with van der Waals surface area (Å²) in [5, 5.41) is 3.23. The quantitative estimate of drug-likeness (QED) is 0.784. The number of nitrogens with one attached hydrogen (secondary N) is 2. The molecule has 1 amide bonds. The van der Waals surface area contributed by atoms with Gasteiger partial charge in [-0.25, -0.2) is 13.1 Å². The first-order valence-corrected chi connectivity index (χ1v) is 9.63. The Morgan fingerprint density at radius 2 is 2.08 bits per heavy atom. The molecule has 7 nitrogen and oxygen atoms in total. The molecule has 0 bridgehead atoms. The Morgan fingerprint density at radius 1 is 1.36 bits per heavy atom. The molecule has 1 aliphatic carbocycles. The highest BCUT2D eigenvalue weighted by Crippen LogP contribution is 2.29. The van der Waals surface area contributed by atoms with Crippen molar-refractivity contribution in [2.24, 2.45) is 0 Å². The summed E-state index contributed by atoms with van der Waals surface area (Å²) < 4.78 is 32.9. The average Bonchev–Trinajstić information content (AvgIpc) is 3.37. The molecule has 25 heavy (non-hydrogen) atoms. The summed E-state index contributed by atoms with van der Waals surface area (Å²) in [5.74, 6) is 0.0857. The molecule has 140 valence electrons. The fraction of sp³-hybridized carbons (Fsp3) is 0.562. The minimum atomic E-state index is -3.70. The molecule has 2 fully saturated rings. The van der Waals surface area contributed by atoms with Gasteiger partial charge in [0.1, 0.15) is 10.6 Å². The predicted molar refractivity (Wildman–Crippen MR) is 97.0 cm³/mol. The maximum Gasteiger partial charge on any atom is 0.254 e. The molecule has 1 aliphatic heterocycles. The van der Waals surface area contributed by atoms with E-state index in [1.165, 1.54) is 13.2 Å². The van der Waals surface area contributed by atoms with E-state index in [2.05, 4.69) is 10.0 Å². The van der Waals surface area contributed by atoms with E-state index in [0.29, 0.717) is 12.1 Å². The monoisotopic (exact) mass is 389 g/mol. The molecule has 1 atom stereocenters. The van der Waals surface area contributed by atoms with Gasteiger partial charge in [0.25, 0.3) is 5.91 Å². The second-order valence-corrected chi connectivity index (χ2v) is 8.00. The molecule has 1 heterocycles. The summed E-state index contributed by atoms with van der Waals surface area (Å²) in [6, 6.07) is 4.64. The van der Waals surface area contributed by atoms with Crippen LogP contribution in [0.2, 0.25) is 0 Å². The number of methoxy groups -OCH3 is 1. The number of amides is 1. The summed E-state index contributed by atoms with van der Waals surface area (Å²) in [4.78, 5) is 14.6. The van der Waals surface area contributed by atoms with Crippen LogP contribution < -0.4 is 14.8 Å². The highest BCUT2D eigenvalue weighted by atomic mass is 35.5. The van der Waals surface area contributed by atoms with Gasteiger partial charge in [0.15, 0.2) is 0 Å². The molecule has 9 heteroatoms. The van der Waals surface area contributed by atoms with Gasteiger partial charge in [0.05, 0.1) is 7.11 Å². The van der Waals surface area contributed by atoms with Crippen molar-refractivity contribution >= 4 is 28.3 Å². The Kier molecular flexibility index (Phi) is 6.31. The SMILES string of the molecule is COc1ccc(C(=O)N2CCNCC2C)cc1S(=O)(=O)NC1CC1.Cl. The van der Waals surface area contributed by atoms with Crippen molar-refractivity contribution in [3.63, 3.8) is 0 Å². The Morgan fingerprint density at radius 3 is 2.68 bits per heavy atom. The van der Waals surface area contributed by atoms with Gasteiger partial charge in [-0.1, -0.05) is 0 Å². The topological polar surface area (TPSA) is 87.7 Å². The molecule has 2 N–H and O–H groups in total. The van der Waals surface area contributed by atoms with Crippen molar-refractivity contribution < 1.29 is 17.9 Å². The number of hydrogen-bond donors (Lipinski definition) is 2. The maximum absolute atomic E-state index is 12.8. The molecular weight excluding hydrogens is 366 g/mol. The van der Waals surface area contributed by atoms with Crippen LogP contribution in [0.15, 0.2) is 23.1 Å². The number of carbonyl (C=O) groups excluding carboxylic acids is 1. The van der Waals surface area contributed by atoms with E-state index in [-0.39, 0.29) is 41.0 Å². The third kappa shape index (κ3) is 4.44. The number of nitrogens with zero attached hydrogens (tertiary/aromatic N) is 1. The fourth-order valence-corrected chi connectivity index (χ4v) is 4.31. The number of halogens is 1. The third-order valence-corrected chi connectivity index (χ3v) is 5.90. The zero-order valence-corrected chi connectivity index (χ0v) is 16.0. The van der Waals surface area contributed by atoms with E-state index in [1.54, 1.807) is 17.0 Å². The van der Waals surface area contributed by atoms with Crippen molar-refractivity contribution in [2.45, 2.75) is 36.7 Å². The molecule has 3 rings (SSSR count). The Hall–Kier alpha value is -1.35. The fourth-order valence-electron chi connectivity index (χ4n) is 2.81. The molecule has 0 spiro atoms. The summed E-state index contributed by atoms with van der Waals surface area (Å²) in [5.41, 5.74) is 0.362. The van der Waals surface area contributed by atoms with Crippen molar-refractivity contribution in [3.8, 4) is 5.75 Å². The number of ether oxygens (including phenoxy) is 1. The van der Waals surface area contributed by atoms with Gasteiger partial charge in [-0.05, 0) is 38.0 Å². The molecule has 1 saturated heterocycles. The van der Waals surface area contributed by atoms with Crippen LogP contribution in [-0.4, -0.2) is 58.1 Å². The minimum Gasteiger partial charge on any atom is -0.495 e. The Balaban J connectivity index is 0.00000225. The number of sulfonamides is 1. The van der Waals surface area contributed by atoms with Gasteiger partial charge in [-0.15, -0.1) is 12.4 Å². The minimum absolute atomic E-state index is 0. The third-order valence-electron chi connectivity index (χ3n) is 4.36. The second kappa shape index (κ2) is 7.90. The largest absolute Gasteiger partial charge is 0.495 e. The lowest BCUT2D eigenvalue weighted by atomic mass is 10.1. The van der Waals surface area contributed by atoms with Gasteiger partial charge >= 0.3 is 0 Å². The van der Waals surface area contributed by atoms with Gasteiger partial charge < -0.3 is 15.0 Å². The summed E-state index contributed by atoms with van der Waals surface area (Å²) in [7, 11) is -2.28. The van der Waals surface area contributed by atoms with Crippen LogP contribution in [0.1, 0.15) is 30.1 Å². The molecule has 1 unspecified atom stereocenters. The lowest BCUT2D eigenvalue weighted by molar-refractivity contribution is 0.0655. The zero-order valence-electron chi connectivity index (χ0n) is 14.3. The number of benzene rings is 1. The molecule has 1 saturated carbocycles. The lowest BCUT2D eigenvalue weighted by Gasteiger charge is -2.34. The first-order chi connectivity index (χ1) is 11.4. The van der Waals surface area contributed by atoms with Gasteiger partial charge in [-0.2, -0.15) is 0 Å². The van der Waals surface area contributed by atoms with Crippen LogP contribution in [-0.2, 0) is 10.0 Å². The van der Waals surface area contributed by atoms with Crippen molar-refractivity contribution in [1.29, 1.82) is 0 Å². The summed E-state index contributed by atoms with van der Waals surface area (Å²) in [6.45, 7) is 4.05. The van der Waals surface area contributed by atoms with E-state index in [9.17, 15) is 13.2 Å². The van der Waals surface area contributed by atoms with Crippen molar-refractivity contribution in [2.75, 3.05) is 26.7 Å². The molecule has 0 radical (unpaired) electrons. The van der Waals surface area contributed by atoms with Crippen LogP contribution in [0, 0.1) is 0 Å². The van der Waals surface area contributed by atoms with Crippen molar-refractivity contribution in [3.05, 3.63) is 23.8 Å². The van der Waals surface area contributed by atoms with Gasteiger partial charge in [0, 0.05) is 37.3 Å². The van der Waals surface area contributed by atoms with Crippen LogP contribution >= 0.6 is 12.4 Å². The summed E-state index contributed by atoms with van der Waals surface area (Å²) >= 11 is 0. The van der Waals surface area contributed by atoms with Gasteiger partial charge in [0.2, 0.25) is 10.0 Å². The van der Waals surface area contributed by atoms with Crippen LogP contribution in [0.4, 0.5) is 0 Å². The normalized spacial score (nSPS) is 20.7. The number of rotatable bonds is 5. The first-order valence-electron chi connectivity index (χ1n) is 8.14. The molecule has 0 aromatic heterocycles. The number of piperazine rings is 1. The van der Waals surface area contributed by atoms with E-state index in [1.807, 2.05) is 6.92 Å². The molecule has 2 aliphatic rings. The molecule has 1 aromatic carbocycles. The second-order valence-electron chi connectivity index (χ2n) is 6.31. The van der Waals surface area contributed by atoms with E-state index < -0.39 is 10.0 Å². The van der Waals surface area contributed by atoms with Crippen LogP contribution in [0.25, 0.3) is 0 Å². The predicted octanol–water partition coefficient (Wildman–Crippen LogP) is 0.992. The van der Waals surface area contributed by atoms with Gasteiger partial charge in [-0.3, -0.25) is 4.79 Å². The summed E-state index contributed by atoms with van der Waals surface area (Å²) in [6.07, 6.45) is 1.69. The highest BCUT2D eigenvalue weighted by molar-refractivity contribution is 7.89. The Bertz CT molecular complexity index is 737. The standard InChI is InChI=1S/C16H23N3O4S.ClH/c1-11-10-17-7-8-19(11)16(20)12-3-6-14(23-2)15(9-12)24(21,22)18-13-4-5-13;/h3,6,9,11,13,17-18H,4-5,7-8,10H2,1-2H3;1H. The van der Waals surface area contributed by atoms with Crippen LogP contribution in [0.5, 0.6) is 5.75 Å². The number of hydrogen-bond acceptors (Lipinski definition) is 5. The first kappa shape index (κ1) is 20.0. The van der Waals surface area contributed by atoms with Crippen molar-refractivity contribution in [1.82, 2.24) is 14.9 Å². The molecule has 1 aromatic rings. The smallest absolute Gasteiger partial charge is 0.254 e.